The van der Waals surface area contributed by atoms with Crippen LogP contribution in [0.1, 0.15) is 25.7 Å². The summed E-state index contributed by atoms with van der Waals surface area (Å²) in [7, 11) is -1.23. The molecule has 2 saturated carbocycles. The molecule has 2 aliphatic rings. The van der Waals surface area contributed by atoms with E-state index in [2.05, 4.69) is 0 Å². The van der Waals surface area contributed by atoms with Gasteiger partial charge in [-0.1, -0.05) is 6.42 Å². The zero-order chi connectivity index (χ0) is 12.7. The maximum absolute atomic E-state index is 13.7. The zero-order valence-corrected chi connectivity index (χ0v) is 11.1. The lowest BCUT2D eigenvalue weighted by atomic mass is 9.90. The third-order valence-corrected chi connectivity index (χ3v) is 6.00. The van der Waals surface area contributed by atoms with Crippen LogP contribution in [0.15, 0.2) is 23.1 Å². The van der Waals surface area contributed by atoms with Crippen LogP contribution in [0.4, 0.5) is 10.1 Å². The van der Waals surface area contributed by atoms with Gasteiger partial charge in [0.05, 0.1) is 15.7 Å². The van der Waals surface area contributed by atoms with Crippen molar-refractivity contribution < 1.29 is 8.60 Å². The van der Waals surface area contributed by atoms with Gasteiger partial charge >= 0.3 is 0 Å². The fraction of sp³-hybridized carbons (Fsp3) is 0.571. The van der Waals surface area contributed by atoms with E-state index in [4.69, 9.17) is 5.73 Å². The number of nitrogens with two attached hydrogens (primary N) is 1. The third kappa shape index (κ3) is 2.18. The Labute approximate surface area is 109 Å². The van der Waals surface area contributed by atoms with Crippen LogP contribution < -0.4 is 5.73 Å². The number of benzene rings is 1. The van der Waals surface area contributed by atoms with Crippen molar-refractivity contribution in [2.75, 3.05) is 11.5 Å². The van der Waals surface area contributed by atoms with Crippen LogP contribution in [0, 0.1) is 23.6 Å². The minimum absolute atomic E-state index is 0.312. The number of anilines is 1. The molecule has 2 N–H and O–H groups in total. The number of rotatable bonds is 3. The molecule has 0 aliphatic heterocycles. The lowest BCUT2D eigenvalue weighted by Crippen LogP contribution is -2.18. The highest BCUT2D eigenvalue weighted by atomic mass is 32.2. The van der Waals surface area contributed by atoms with Gasteiger partial charge in [-0.2, -0.15) is 0 Å². The van der Waals surface area contributed by atoms with E-state index in [-0.39, 0.29) is 0 Å². The first-order valence-electron chi connectivity index (χ1n) is 6.57. The molecule has 2 aliphatic carbocycles. The fourth-order valence-electron chi connectivity index (χ4n) is 3.57. The molecule has 2 bridgehead atoms. The third-order valence-electron chi connectivity index (χ3n) is 4.45. The van der Waals surface area contributed by atoms with E-state index in [1.54, 1.807) is 12.1 Å². The average molecular weight is 267 g/mol. The second-order valence-electron chi connectivity index (χ2n) is 5.64. The molecule has 2 fully saturated rings. The summed E-state index contributed by atoms with van der Waals surface area (Å²) in [5.74, 6) is 2.28. The Morgan fingerprint density at radius 3 is 2.78 bits per heavy atom. The number of hydrogen-bond donors (Lipinski definition) is 1. The molecular weight excluding hydrogens is 249 g/mol. The van der Waals surface area contributed by atoms with Gasteiger partial charge < -0.3 is 5.73 Å². The number of nitrogen functional groups attached to an aromatic ring is 1. The summed E-state index contributed by atoms with van der Waals surface area (Å²) >= 11 is 0. The highest BCUT2D eigenvalue weighted by Gasteiger charge is 2.40. The normalized spacial score (nSPS) is 31.7. The molecule has 0 saturated heterocycles. The topological polar surface area (TPSA) is 43.1 Å². The van der Waals surface area contributed by atoms with Crippen LogP contribution >= 0.6 is 0 Å². The van der Waals surface area contributed by atoms with E-state index >= 15 is 0 Å². The smallest absolute Gasteiger partial charge is 0.141 e. The molecule has 3 rings (SSSR count). The molecule has 0 amide bonds. The van der Waals surface area contributed by atoms with Crippen LogP contribution in [0.2, 0.25) is 0 Å². The monoisotopic (exact) mass is 267 g/mol. The summed E-state index contributed by atoms with van der Waals surface area (Å²) in [5, 5.41) is 0. The van der Waals surface area contributed by atoms with Gasteiger partial charge in [-0.25, -0.2) is 4.39 Å². The number of halogens is 1. The molecule has 98 valence electrons. The van der Waals surface area contributed by atoms with Gasteiger partial charge in [0.25, 0.3) is 0 Å². The van der Waals surface area contributed by atoms with Crippen LogP contribution in [0.3, 0.4) is 0 Å². The largest absolute Gasteiger partial charge is 0.399 e. The van der Waals surface area contributed by atoms with E-state index in [9.17, 15) is 8.60 Å². The van der Waals surface area contributed by atoms with E-state index < -0.39 is 16.6 Å². The predicted molar refractivity (Wildman–Crippen MR) is 71.0 cm³/mol. The molecule has 4 heteroatoms. The fourth-order valence-corrected chi connectivity index (χ4v) is 5.04. The predicted octanol–water partition coefficient (Wildman–Crippen LogP) is 2.95. The molecule has 0 radical (unpaired) electrons. The first kappa shape index (κ1) is 12.2. The van der Waals surface area contributed by atoms with Crippen LogP contribution in [0.5, 0.6) is 0 Å². The van der Waals surface area contributed by atoms with Crippen molar-refractivity contribution in [3.63, 3.8) is 0 Å². The van der Waals surface area contributed by atoms with Crippen molar-refractivity contribution in [3.05, 3.63) is 24.0 Å². The molecule has 0 spiro atoms. The minimum atomic E-state index is -1.23. The van der Waals surface area contributed by atoms with Crippen molar-refractivity contribution in [1.82, 2.24) is 0 Å². The van der Waals surface area contributed by atoms with Crippen molar-refractivity contribution >= 4 is 16.5 Å². The lowest BCUT2D eigenvalue weighted by Gasteiger charge is -2.21. The SMILES string of the molecule is Nc1ccc(S(=O)CC2CC3CCC2C3)c(F)c1. The summed E-state index contributed by atoms with van der Waals surface area (Å²) < 4.78 is 25.9. The molecule has 4 unspecified atom stereocenters. The summed E-state index contributed by atoms with van der Waals surface area (Å²) in [5.41, 5.74) is 5.88. The second kappa shape index (κ2) is 4.65. The summed E-state index contributed by atoms with van der Waals surface area (Å²) in [6.45, 7) is 0. The van der Waals surface area contributed by atoms with Gasteiger partial charge in [0.2, 0.25) is 0 Å². The van der Waals surface area contributed by atoms with E-state index in [1.807, 2.05) is 0 Å². The standard InChI is InChI=1S/C14H18FNOS/c15-13-7-12(16)3-4-14(13)18(17)8-11-6-9-1-2-10(11)5-9/h3-4,7,9-11H,1-2,5-6,8,16H2. The molecule has 18 heavy (non-hydrogen) atoms. The minimum Gasteiger partial charge on any atom is -0.399 e. The van der Waals surface area contributed by atoms with Crippen LogP contribution in [0.25, 0.3) is 0 Å². The van der Waals surface area contributed by atoms with Crippen molar-refractivity contribution in [2.24, 2.45) is 17.8 Å². The Morgan fingerprint density at radius 2 is 2.17 bits per heavy atom. The summed E-state index contributed by atoms with van der Waals surface area (Å²) in [6, 6.07) is 4.44. The Kier molecular flexibility index (Phi) is 3.14. The molecule has 1 aromatic carbocycles. The molecule has 0 aromatic heterocycles. The maximum Gasteiger partial charge on any atom is 0.141 e. The van der Waals surface area contributed by atoms with Crippen molar-refractivity contribution in [2.45, 2.75) is 30.6 Å². The molecule has 1 aromatic rings. The van der Waals surface area contributed by atoms with Gasteiger partial charge in [-0.15, -0.1) is 0 Å². The van der Waals surface area contributed by atoms with Crippen molar-refractivity contribution in [3.8, 4) is 0 Å². The Morgan fingerprint density at radius 1 is 1.33 bits per heavy atom. The first-order chi connectivity index (χ1) is 8.63. The van der Waals surface area contributed by atoms with Gasteiger partial charge in [0.1, 0.15) is 5.82 Å². The molecular formula is C14H18FNOS. The van der Waals surface area contributed by atoms with Gasteiger partial charge in [-0.05, 0) is 55.2 Å². The Balaban J connectivity index is 1.71. The van der Waals surface area contributed by atoms with E-state index in [0.29, 0.717) is 22.3 Å². The van der Waals surface area contributed by atoms with Crippen molar-refractivity contribution in [1.29, 1.82) is 0 Å². The maximum atomic E-state index is 13.7. The highest BCUT2D eigenvalue weighted by molar-refractivity contribution is 7.85. The molecule has 2 nitrogen and oxygen atoms in total. The second-order valence-corrected chi connectivity index (χ2v) is 7.10. The number of fused-ring (bicyclic) bond motifs is 2. The lowest BCUT2D eigenvalue weighted by molar-refractivity contribution is 0.363. The zero-order valence-electron chi connectivity index (χ0n) is 10.3. The van der Waals surface area contributed by atoms with E-state index in [1.165, 1.54) is 31.7 Å². The number of hydrogen-bond acceptors (Lipinski definition) is 2. The molecule has 0 heterocycles. The Hall–Kier alpha value is -0.900. The van der Waals surface area contributed by atoms with Crippen LogP contribution in [-0.2, 0) is 10.8 Å². The van der Waals surface area contributed by atoms with Gasteiger partial charge in [0.15, 0.2) is 0 Å². The first-order valence-corrected chi connectivity index (χ1v) is 7.89. The quantitative estimate of drug-likeness (QED) is 0.856. The highest BCUT2D eigenvalue weighted by Crippen LogP contribution is 2.48. The Bertz CT molecular complexity index is 491. The van der Waals surface area contributed by atoms with Gasteiger partial charge in [0, 0.05) is 11.4 Å². The van der Waals surface area contributed by atoms with E-state index in [0.717, 1.165) is 11.8 Å². The van der Waals surface area contributed by atoms with Crippen LogP contribution in [-0.4, -0.2) is 9.96 Å². The summed E-state index contributed by atoms with van der Waals surface area (Å²) in [6.07, 6.45) is 5.10. The van der Waals surface area contributed by atoms with Gasteiger partial charge in [-0.3, -0.25) is 4.21 Å². The average Bonchev–Trinajstić information content (AvgIpc) is 2.90. The summed E-state index contributed by atoms with van der Waals surface area (Å²) in [4.78, 5) is 0.312. The molecule has 4 atom stereocenters.